The molecule has 0 aliphatic rings. The number of methoxy groups -OCH3 is 2. The normalized spacial score (nSPS) is 10.2. The van der Waals surface area contributed by atoms with Crippen molar-refractivity contribution in [3.8, 4) is 28.4 Å². The summed E-state index contributed by atoms with van der Waals surface area (Å²) < 4.78 is 10.2. The Hall–Kier alpha value is -2.37. The Morgan fingerprint density at radius 2 is 2.00 bits per heavy atom. The highest BCUT2D eigenvalue weighted by Crippen LogP contribution is 2.44. The van der Waals surface area contributed by atoms with Crippen molar-refractivity contribution < 1.29 is 14.6 Å². The molecule has 6 heteroatoms. The van der Waals surface area contributed by atoms with Crippen molar-refractivity contribution in [3.05, 3.63) is 18.3 Å². The molecule has 0 saturated heterocycles. The van der Waals surface area contributed by atoms with Crippen LogP contribution in [0.2, 0.25) is 0 Å². The second kappa shape index (κ2) is 4.25. The monoisotopic (exact) mass is 235 g/mol. The number of phenolic OH excluding ortho intramolecular Hbond substituents is 1. The van der Waals surface area contributed by atoms with Crippen LogP contribution in [0.5, 0.6) is 17.2 Å². The van der Waals surface area contributed by atoms with Crippen LogP contribution < -0.4 is 15.2 Å². The average Bonchev–Trinajstić information content (AvgIpc) is 2.75. The van der Waals surface area contributed by atoms with Crippen LogP contribution in [0, 0.1) is 0 Å². The van der Waals surface area contributed by atoms with Gasteiger partial charge in [-0.25, -0.2) is 0 Å². The van der Waals surface area contributed by atoms with E-state index in [4.69, 9.17) is 15.2 Å². The van der Waals surface area contributed by atoms with E-state index in [0.717, 1.165) is 0 Å². The number of nitrogen functional groups attached to an aromatic ring is 1. The second-order valence-electron chi connectivity index (χ2n) is 3.39. The lowest BCUT2D eigenvalue weighted by atomic mass is 10.1. The molecule has 0 radical (unpaired) electrons. The summed E-state index contributed by atoms with van der Waals surface area (Å²) in [6.07, 6.45) is 1.54. The first-order valence-corrected chi connectivity index (χ1v) is 4.92. The topological polar surface area (TPSA) is 93.4 Å². The van der Waals surface area contributed by atoms with Crippen LogP contribution in [0.3, 0.4) is 0 Å². The van der Waals surface area contributed by atoms with Crippen molar-refractivity contribution in [2.45, 2.75) is 0 Å². The van der Waals surface area contributed by atoms with Gasteiger partial charge in [0.2, 0.25) is 5.75 Å². The van der Waals surface area contributed by atoms with Gasteiger partial charge in [0.25, 0.3) is 0 Å². The van der Waals surface area contributed by atoms with Gasteiger partial charge >= 0.3 is 0 Å². The third kappa shape index (κ3) is 1.73. The molecule has 0 fully saturated rings. The van der Waals surface area contributed by atoms with E-state index in [2.05, 4.69) is 10.2 Å². The van der Waals surface area contributed by atoms with Crippen LogP contribution in [-0.4, -0.2) is 29.5 Å². The molecule has 0 amide bonds. The summed E-state index contributed by atoms with van der Waals surface area (Å²) in [7, 11) is 2.96. The van der Waals surface area contributed by atoms with Gasteiger partial charge in [-0.1, -0.05) is 0 Å². The zero-order valence-electron chi connectivity index (χ0n) is 9.52. The number of hydrogen-bond donors (Lipinski definition) is 3. The fraction of sp³-hybridized carbons (Fsp3) is 0.182. The number of aromatic amines is 1. The fourth-order valence-corrected chi connectivity index (χ4v) is 1.64. The van der Waals surface area contributed by atoms with Crippen LogP contribution in [0.15, 0.2) is 18.3 Å². The SMILES string of the molecule is COc1ccc(-c2cn[nH]c2N)c(O)c1OC. The maximum absolute atomic E-state index is 10.1. The van der Waals surface area contributed by atoms with Gasteiger partial charge in [-0.3, -0.25) is 5.10 Å². The zero-order chi connectivity index (χ0) is 12.4. The number of benzene rings is 1. The number of anilines is 1. The number of aromatic hydroxyl groups is 1. The van der Waals surface area contributed by atoms with Gasteiger partial charge < -0.3 is 20.3 Å². The van der Waals surface area contributed by atoms with Crippen LogP contribution in [0.25, 0.3) is 11.1 Å². The zero-order valence-corrected chi connectivity index (χ0v) is 9.52. The number of nitrogens with one attached hydrogen (secondary N) is 1. The van der Waals surface area contributed by atoms with Gasteiger partial charge in [-0.15, -0.1) is 0 Å². The van der Waals surface area contributed by atoms with E-state index in [-0.39, 0.29) is 11.5 Å². The second-order valence-corrected chi connectivity index (χ2v) is 3.39. The number of ether oxygens (including phenoxy) is 2. The van der Waals surface area contributed by atoms with E-state index < -0.39 is 0 Å². The highest BCUT2D eigenvalue weighted by atomic mass is 16.5. The van der Waals surface area contributed by atoms with E-state index in [9.17, 15) is 5.11 Å². The van der Waals surface area contributed by atoms with E-state index in [1.165, 1.54) is 20.4 Å². The average molecular weight is 235 g/mol. The van der Waals surface area contributed by atoms with Gasteiger partial charge in [0.1, 0.15) is 5.82 Å². The van der Waals surface area contributed by atoms with E-state index in [1.807, 2.05) is 0 Å². The van der Waals surface area contributed by atoms with Gasteiger partial charge in [0, 0.05) is 11.1 Å². The molecule has 0 atom stereocenters. The van der Waals surface area contributed by atoms with Gasteiger partial charge in [0.15, 0.2) is 11.5 Å². The lowest BCUT2D eigenvalue weighted by Crippen LogP contribution is -1.93. The van der Waals surface area contributed by atoms with Crippen molar-refractivity contribution in [1.82, 2.24) is 10.2 Å². The summed E-state index contributed by atoms with van der Waals surface area (Å²) in [5.74, 6) is 1.08. The molecular weight excluding hydrogens is 222 g/mol. The molecule has 17 heavy (non-hydrogen) atoms. The van der Waals surface area contributed by atoms with Crippen LogP contribution in [-0.2, 0) is 0 Å². The van der Waals surface area contributed by atoms with Gasteiger partial charge in [0.05, 0.1) is 20.4 Å². The molecule has 1 heterocycles. The molecule has 0 spiro atoms. The standard InChI is InChI=1S/C11H13N3O3/c1-16-8-4-3-6(9(15)10(8)17-2)7-5-13-14-11(7)12/h3-5,15H,1-2H3,(H3,12,13,14). The Morgan fingerprint density at radius 3 is 2.53 bits per heavy atom. The Balaban J connectivity index is 2.61. The molecule has 1 aromatic heterocycles. The molecule has 2 rings (SSSR count). The number of nitrogens with two attached hydrogens (primary N) is 1. The minimum Gasteiger partial charge on any atom is -0.504 e. The third-order valence-electron chi connectivity index (χ3n) is 2.48. The summed E-state index contributed by atoms with van der Waals surface area (Å²) in [5, 5.41) is 16.5. The fourth-order valence-electron chi connectivity index (χ4n) is 1.64. The highest BCUT2D eigenvalue weighted by molar-refractivity contribution is 5.81. The minimum absolute atomic E-state index is 0.0278. The first kappa shape index (κ1) is 11.1. The number of H-pyrrole nitrogens is 1. The van der Waals surface area contributed by atoms with Gasteiger partial charge in [-0.2, -0.15) is 5.10 Å². The van der Waals surface area contributed by atoms with Crippen LogP contribution in [0.1, 0.15) is 0 Å². The maximum atomic E-state index is 10.1. The summed E-state index contributed by atoms with van der Waals surface area (Å²) in [6.45, 7) is 0. The molecule has 6 nitrogen and oxygen atoms in total. The van der Waals surface area contributed by atoms with Crippen molar-refractivity contribution in [2.75, 3.05) is 20.0 Å². The van der Waals surface area contributed by atoms with E-state index >= 15 is 0 Å². The summed E-state index contributed by atoms with van der Waals surface area (Å²) in [6, 6.07) is 3.39. The van der Waals surface area contributed by atoms with Crippen LogP contribution >= 0.6 is 0 Å². The summed E-state index contributed by atoms with van der Waals surface area (Å²) in [5.41, 5.74) is 6.85. The lowest BCUT2D eigenvalue weighted by Gasteiger charge is -2.12. The molecule has 2 aromatic rings. The Kier molecular flexibility index (Phi) is 2.78. The quantitative estimate of drug-likeness (QED) is 0.747. The van der Waals surface area contributed by atoms with Crippen molar-refractivity contribution in [3.63, 3.8) is 0 Å². The van der Waals surface area contributed by atoms with E-state index in [0.29, 0.717) is 22.7 Å². The Morgan fingerprint density at radius 1 is 1.24 bits per heavy atom. The van der Waals surface area contributed by atoms with Crippen molar-refractivity contribution in [2.24, 2.45) is 0 Å². The number of phenols is 1. The largest absolute Gasteiger partial charge is 0.504 e. The predicted octanol–water partition coefficient (Wildman–Crippen LogP) is 1.38. The molecule has 0 unspecified atom stereocenters. The Bertz CT molecular complexity index is 537. The molecule has 0 aliphatic carbocycles. The molecule has 0 saturated carbocycles. The van der Waals surface area contributed by atoms with Crippen LogP contribution in [0.4, 0.5) is 5.82 Å². The molecule has 1 aromatic carbocycles. The minimum atomic E-state index is -0.0278. The number of aromatic nitrogens is 2. The molecule has 90 valence electrons. The van der Waals surface area contributed by atoms with Crippen molar-refractivity contribution in [1.29, 1.82) is 0 Å². The summed E-state index contributed by atoms with van der Waals surface area (Å²) in [4.78, 5) is 0. The first-order valence-electron chi connectivity index (χ1n) is 4.92. The molecule has 0 bridgehead atoms. The lowest BCUT2D eigenvalue weighted by molar-refractivity contribution is 0.334. The van der Waals surface area contributed by atoms with Crippen molar-refractivity contribution >= 4 is 5.82 Å². The molecule has 4 N–H and O–H groups in total. The summed E-state index contributed by atoms with van der Waals surface area (Å²) >= 11 is 0. The predicted molar refractivity (Wildman–Crippen MR) is 63.2 cm³/mol. The third-order valence-corrected chi connectivity index (χ3v) is 2.48. The molecular formula is C11H13N3O3. The van der Waals surface area contributed by atoms with Gasteiger partial charge in [-0.05, 0) is 12.1 Å². The Labute approximate surface area is 98.0 Å². The number of nitrogens with zero attached hydrogens (tertiary/aromatic N) is 1. The number of hydrogen-bond acceptors (Lipinski definition) is 5. The molecule has 0 aliphatic heterocycles. The first-order chi connectivity index (χ1) is 8.19. The smallest absolute Gasteiger partial charge is 0.203 e. The number of rotatable bonds is 3. The maximum Gasteiger partial charge on any atom is 0.203 e. The van der Waals surface area contributed by atoms with E-state index in [1.54, 1.807) is 12.1 Å². The highest BCUT2D eigenvalue weighted by Gasteiger charge is 2.17.